The Bertz CT molecular complexity index is 503. The van der Waals surface area contributed by atoms with Crippen LogP contribution in [-0.4, -0.2) is 22.9 Å². The Morgan fingerprint density at radius 1 is 1.29 bits per heavy atom. The molecule has 1 amide bonds. The molecule has 1 aromatic rings. The molecule has 1 aromatic carbocycles. The Morgan fingerprint density at radius 2 is 1.95 bits per heavy atom. The van der Waals surface area contributed by atoms with Gasteiger partial charge in [-0.2, -0.15) is 0 Å². The van der Waals surface area contributed by atoms with Crippen LogP contribution in [0.15, 0.2) is 24.3 Å². The zero-order chi connectivity index (χ0) is 15.6. The first kappa shape index (κ1) is 16.0. The third-order valence-electron chi connectivity index (χ3n) is 4.16. The van der Waals surface area contributed by atoms with Crippen molar-refractivity contribution in [2.24, 2.45) is 5.92 Å². The first-order valence-electron chi connectivity index (χ1n) is 7.78. The smallest absolute Gasteiger partial charge is 0.241 e. The number of hydrogen-bond donors (Lipinski definition) is 1. The molecule has 1 fully saturated rings. The molecule has 1 heterocycles. The van der Waals surface area contributed by atoms with Gasteiger partial charge in [0.15, 0.2) is 0 Å². The van der Waals surface area contributed by atoms with Gasteiger partial charge in [-0.25, -0.2) is 4.39 Å². The van der Waals surface area contributed by atoms with Gasteiger partial charge in [0.1, 0.15) is 12.0 Å². The number of nitrogens with one attached hydrogen (secondary N) is 1. The third kappa shape index (κ3) is 3.26. The van der Waals surface area contributed by atoms with Crippen LogP contribution >= 0.6 is 0 Å². The van der Waals surface area contributed by atoms with Crippen LogP contribution in [0.1, 0.15) is 52.3 Å². The van der Waals surface area contributed by atoms with Gasteiger partial charge in [0, 0.05) is 11.6 Å². The predicted molar refractivity (Wildman–Crippen MR) is 82.1 cm³/mol. The lowest BCUT2D eigenvalue weighted by Crippen LogP contribution is -2.38. The van der Waals surface area contributed by atoms with E-state index in [1.165, 1.54) is 6.07 Å². The summed E-state index contributed by atoms with van der Waals surface area (Å²) in [6.45, 7) is 8.26. The predicted octanol–water partition coefficient (Wildman–Crippen LogP) is 3.47. The molecule has 1 aliphatic heterocycles. The topological polar surface area (TPSA) is 32.3 Å². The maximum absolute atomic E-state index is 14.1. The molecule has 0 spiro atoms. The number of hydrogen-bond acceptors (Lipinski definition) is 2. The number of carbonyl (C=O) groups excluding carboxylic acids is 1. The number of amides is 1. The summed E-state index contributed by atoms with van der Waals surface area (Å²) in [5, 5.41) is 3.33. The second-order valence-electron chi connectivity index (χ2n) is 6.28. The Hall–Kier alpha value is -1.42. The van der Waals surface area contributed by atoms with E-state index in [2.05, 4.69) is 19.2 Å². The highest BCUT2D eigenvalue weighted by molar-refractivity contribution is 5.84. The molecular formula is C17H25FN2O. The summed E-state index contributed by atoms with van der Waals surface area (Å²) in [5.74, 6) is 0.247. The molecule has 0 bridgehead atoms. The summed E-state index contributed by atoms with van der Waals surface area (Å²) in [6, 6.07) is 6.57. The van der Waals surface area contributed by atoms with Crippen molar-refractivity contribution in [3.63, 3.8) is 0 Å². The fourth-order valence-corrected chi connectivity index (χ4v) is 2.89. The van der Waals surface area contributed by atoms with Crippen LogP contribution in [0.3, 0.4) is 0 Å². The lowest BCUT2D eigenvalue weighted by atomic mass is 10.0. The Kier molecular flexibility index (Phi) is 4.99. The molecule has 0 aliphatic carbocycles. The minimum Gasteiger partial charge on any atom is -0.319 e. The van der Waals surface area contributed by atoms with E-state index in [0.29, 0.717) is 11.5 Å². The quantitative estimate of drug-likeness (QED) is 0.901. The lowest BCUT2D eigenvalue weighted by molar-refractivity contribution is -0.132. The Labute approximate surface area is 126 Å². The molecular weight excluding hydrogens is 267 g/mol. The first-order valence-corrected chi connectivity index (χ1v) is 7.78. The highest BCUT2D eigenvalue weighted by atomic mass is 19.1. The number of benzene rings is 1. The monoisotopic (exact) mass is 292 g/mol. The van der Waals surface area contributed by atoms with Crippen molar-refractivity contribution < 1.29 is 9.18 Å². The zero-order valence-corrected chi connectivity index (χ0v) is 13.3. The Morgan fingerprint density at radius 3 is 2.52 bits per heavy atom. The molecule has 0 aromatic heterocycles. The zero-order valence-electron chi connectivity index (χ0n) is 13.3. The summed E-state index contributed by atoms with van der Waals surface area (Å²) in [5.41, 5.74) is 0.553. The highest BCUT2D eigenvalue weighted by Gasteiger charge is 2.42. The Balaban J connectivity index is 2.33. The largest absolute Gasteiger partial charge is 0.319 e. The normalized spacial score (nSPS) is 23.9. The number of carbonyl (C=O) groups is 1. The van der Waals surface area contributed by atoms with Crippen LogP contribution in [0.25, 0.3) is 0 Å². The van der Waals surface area contributed by atoms with Crippen molar-refractivity contribution in [2.45, 2.75) is 58.8 Å². The summed E-state index contributed by atoms with van der Waals surface area (Å²) in [7, 11) is 0. The lowest BCUT2D eigenvalue weighted by Gasteiger charge is -2.30. The molecule has 1 aliphatic rings. The average molecular weight is 292 g/mol. The molecule has 2 rings (SSSR count). The fourth-order valence-electron chi connectivity index (χ4n) is 2.89. The third-order valence-corrected chi connectivity index (χ3v) is 4.16. The molecule has 116 valence electrons. The molecule has 1 saturated heterocycles. The fraction of sp³-hybridized carbons (Fsp3) is 0.588. The standard InChI is InChI=1S/C17H25FN2O/c1-5-12(4)20-16(13-8-6-7-9-14(13)18)19-15(17(20)21)10-11(2)3/h6-9,11-12,15-16,19H,5,10H2,1-4H3. The van der Waals surface area contributed by atoms with Gasteiger partial charge in [0.05, 0.1) is 6.04 Å². The van der Waals surface area contributed by atoms with Crippen LogP contribution in [0.2, 0.25) is 0 Å². The van der Waals surface area contributed by atoms with Gasteiger partial charge in [0.25, 0.3) is 0 Å². The van der Waals surface area contributed by atoms with E-state index in [9.17, 15) is 9.18 Å². The van der Waals surface area contributed by atoms with E-state index in [4.69, 9.17) is 0 Å². The molecule has 3 nitrogen and oxygen atoms in total. The number of rotatable bonds is 5. The van der Waals surface area contributed by atoms with Gasteiger partial charge < -0.3 is 4.90 Å². The summed E-state index contributed by atoms with van der Waals surface area (Å²) in [4.78, 5) is 14.5. The van der Waals surface area contributed by atoms with Crippen molar-refractivity contribution >= 4 is 5.91 Å². The maximum Gasteiger partial charge on any atom is 0.241 e. The average Bonchev–Trinajstić information content (AvgIpc) is 2.75. The van der Waals surface area contributed by atoms with E-state index in [1.54, 1.807) is 12.1 Å². The van der Waals surface area contributed by atoms with Gasteiger partial charge >= 0.3 is 0 Å². The molecule has 3 unspecified atom stereocenters. The van der Waals surface area contributed by atoms with Gasteiger partial charge in [-0.3, -0.25) is 10.1 Å². The summed E-state index contributed by atoms with van der Waals surface area (Å²) < 4.78 is 14.1. The second-order valence-corrected chi connectivity index (χ2v) is 6.28. The van der Waals surface area contributed by atoms with E-state index >= 15 is 0 Å². The molecule has 3 atom stereocenters. The summed E-state index contributed by atoms with van der Waals surface area (Å²) >= 11 is 0. The van der Waals surface area contributed by atoms with E-state index in [1.807, 2.05) is 24.8 Å². The molecule has 0 saturated carbocycles. The van der Waals surface area contributed by atoms with Crippen molar-refractivity contribution in [1.82, 2.24) is 10.2 Å². The highest BCUT2D eigenvalue weighted by Crippen LogP contribution is 2.31. The summed E-state index contributed by atoms with van der Waals surface area (Å²) in [6.07, 6.45) is 1.26. The van der Waals surface area contributed by atoms with Crippen LogP contribution in [0.4, 0.5) is 4.39 Å². The van der Waals surface area contributed by atoms with Crippen LogP contribution in [0, 0.1) is 11.7 Å². The molecule has 21 heavy (non-hydrogen) atoms. The van der Waals surface area contributed by atoms with Crippen molar-refractivity contribution in [1.29, 1.82) is 0 Å². The van der Waals surface area contributed by atoms with Crippen molar-refractivity contribution in [2.75, 3.05) is 0 Å². The van der Waals surface area contributed by atoms with Gasteiger partial charge in [-0.05, 0) is 31.7 Å². The molecule has 1 N–H and O–H groups in total. The van der Waals surface area contributed by atoms with E-state index in [-0.39, 0.29) is 30.0 Å². The number of nitrogens with zero attached hydrogens (tertiary/aromatic N) is 1. The van der Waals surface area contributed by atoms with Gasteiger partial charge in [-0.1, -0.05) is 39.0 Å². The minimum absolute atomic E-state index is 0.0892. The maximum atomic E-state index is 14.1. The van der Waals surface area contributed by atoms with Gasteiger partial charge in [-0.15, -0.1) is 0 Å². The van der Waals surface area contributed by atoms with Crippen molar-refractivity contribution in [3.8, 4) is 0 Å². The minimum atomic E-state index is -0.364. The van der Waals surface area contributed by atoms with Crippen LogP contribution in [-0.2, 0) is 4.79 Å². The van der Waals surface area contributed by atoms with E-state index < -0.39 is 0 Å². The first-order chi connectivity index (χ1) is 9.95. The van der Waals surface area contributed by atoms with Crippen molar-refractivity contribution in [3.05, 3.63) is 35.6 Å². The molecule has 0 radical (unpaired) electrons. The molecule has 4 heteroatoms. The van der Waals surface area contributed by atoms with E-state index in [0.717, 1.165) is 12.8 Å². The van der Waals surface area contributed by atoms with Crippen LogP contribution in [0.5, 0.6) is 0 Å². The number of halogens is 1. The van der Waals surface area contributed by atoms with Crippen LogP contribution < -0.4 is 5.32 Å². The second kappa shape index (κ2) is 6.56. The SMILES string of the molecule is CCC(C)N1C(=O)C(CC(C)C)NC1c1ccccc1F. The van der Waals surface area contributed by atoms with Gasteiger partial charge in [0.2, 0.25) is 5.91 Å².